The number of carbonyl (C=O) groups is 2. The largest absolute Gasteiger partial charge is 0.494 e. The fourth-order valence-corrected chi connectivity index (χ4v) is 2.92. The molecule has 0 aliphatic carbocycles. The Labute approximate surface area is 192 Å². The molecule has 0 radical (unpaired) electrons. The molecule has 1 heterocycles. The lowest BCUT2D eigenvalue weighted by Gasteiger charge is -2.11. The Kier molecular flexibility index (Phi) is 8.52. The van der Waals surface area contributed by atoms with Crippen LogP contribution in [0.15, 0.2) is 77.0 Å². The van der Waals surface area contributed by atoms with Gasteiger partial charge < -0.3 is 19.8 Å². The van der Waals surface area contributed by atoms with Crippen LogP contribution in [0.2, 0.25) is 5.02 Å². The van der Waals surface area contributed by atoms with E-state index in [0.717, 1.165) is 18.4 Å². The van der Waals surface area contributed by atoms with Crippen LogP contribution >= 0.6 is 11.6 Å². The molecule has 2 amide bonds. The monoisotopic (exact) mass is 452 g/mol. The number of halogens is 1. The molecular formula is C25H25ClN2O4. The van der Waals surface area contributed by atoms with Crippen LogP contribution < -0.4 is 15.4 Å². The molecule has 2 aromatic carbocycles. The van der Waals surface area contributed by atoms with Crippen molar-refractivity contribution in [3.05, 3.63) is 94.5 Å². The molecule has 0 aliphatic rings. The summed E-state index contributed by atoms with van der Waals surface area (Å²) in [5, 5.41) is 6.03. The van der Waals surface area contributed by atoms with Crippen LogP contribution in [-0.2, 0) is 11.3 Å². The lowest BCUT2D eigenvalue weighted by Crippen LogP contribution is -2.34. The van der Waals surface area contributed by atoms with Gasteiger partial charge >= 0.3 is 0 Å². The molecule has 0 atom stereocenters. The van der Waals surface area contributed by atoms with Gasteiger partial charge in [0.25, 0.3) is 11.8 Å². The Morgan fingerprint density at radius 2 is 1.81 bits per heavy atom. The molecule has 1 aromatic heterocycles. The first kappa shape index (κ1) is 23.2. The van der Waals surface area contributed by atoms with Crippen LogP contribution in [0.25, 0.3) is 6.08 Å². The van der Waals surface area contributed by atoms with Crippen molar-refractivity contribution in [3.8, 4) is 5.75 Å². The highest BCUT2D eigenvalue weighted by Crippen LogP contribution is 2.15. The Balaban J connectivity index is 1.72. The van der Waals surface area contributed by atoms with Crippen molar-refractivity contribution in [1.29, 1.82) is 0 Å². The molecule has 32 heavy (non-hydrogen) atoms. The van der Waals surface area contributed by atoms with Crippen LogP contribution in [0.4, 0.5) is 0 Å². The summed E-state index contributed by atoms with van der Waals surface area (Å²) in [5.41, 5.74) is 1.23. The molecule has 0 bridgehead atoms. The van der Waals surface area contributed by atoms with Gasteiger partial charge in [-0.3, -0.25) is 9.59 Å². The van der Waals surface area contributed by atoms with E-state index in [4.69, 9.17) is 20.8 Å². The Bertz CT molecular complexity index is 1040. The quantitative estimate of drug-likeness (QED) is 0.327. The zero-order valence-electron chi connectivity index (χ0n) is 17.8. The van der Waals surface area contributed by atoms with Gasteiger partial charge in [0.15, 0.2) is 0 Å². The first-order valence-electron chi connectivity index (χ1n) is 10.4. The molecule has 0 saturated carbocycles. The summed E-state index contributed by atoms with van der Waals surface area (Å²) >= 11 is 5.94. The van der Waals surface area contributed by atoms with E-state index >= 15 is 0 Å². The van der Waals surface area contributed by atoms with Gasteiger partial charge in [-0.2, -0.15) is 0 Å². The van der Waals surface area contributed by atoms with Gasteiger partial charge in [-0.25, -0.2) is 0 Å². The first-order valence-corrected chi connectivity index (χ1v) is 10.7. The van der Waals surface area contributed by atoms with E-state index < -0.39 is 11.8 Å². The number of carbonyl (C=O) groups excluding carboxylic acids is 2. The van der Waals surface area contributed by atoms with Gasteiger partial charge in [0.1, 0.15) is 17.2 Å². The van der Waals surface area contributed by atoms with E-state index in [9.17, 15) is 9.59 Å². The number of rotatable bonds is 10. The third-order valence-corrected chi connectivity index (χ3v) is 4.81. The summed E-state index contributed by atoms with van der Waals surface area (Å²) in [6, 6.07) is 17.3. The van der Waals surface area contributed by atoms with Gasteiger partial charge in [0.05, 0.1) is 19.4 Å². The maximum Gasteiger partial charge on any atom is 0.268 e. The van der Waals surface area contributed by atoms with Crippen molar-refractivity contribution in [1.82, 2.24) is 10.6 Å². The van der Waals surface area contributed by atoms with Crippen molar-refractivity contribution >= 4 is 29.5 Å². The lowest BCUT2D eigenvalue weighted by atomic mass is 10.1. The highest BCUT2D eigenvalue weighted by Gasteiger charge is 2.15. The molecule has 3 aromatic rings. The molecule has 0 unspecified atom stereocenters. The Morgan fingerprint density at radius 1 is 1.06 bits per heavy atom. The van der Waals surface area contributed by atoms with Crippen molar-refractivity contribution in [2.24, 2.45) is 0 Å². The number of hydrogen-bond acceptors (Lipinski definition) is 4. The third kappa shape index (κ3) is 7.03. The number of hydrogen-bond donors (Lipinski definition) is 2. The third-order valence-electron chi connectivity index (χ3n) is 4.56. The summed E-state index contributed by atoms with van der Waals surface area (Å²) in [4.78, 5) is 25.6. The van der Waals surface area contributed by atoms with Crippen LogP contribution in [-0.4, -0.2) is 18.4 Å². The predicted octanol–water partition coefficient (Wildman–Crippen LogP) is 5.20. The van der Waals surface area contributed by atoms with Crippen LogP contribution in [0.1, 0.15) is 41.4 Å². The Morgan fingerprint density at radius 3 is 2.47 bits per heavy atom. The van der Waals surface area contributed by atoms with Crippen LogP contribution in [0, 0.1) is 0 Å². The second-order valence-corrected chi connectivity index (χ2v) is 7.49. The van der Waals surface area contributed by atoms with Gasteiger partial charge in [-0.05, 0) is 66.6 Å². The first-order chi connectivity index (χ1) is 15.5. The fraction of sp³-hybridized carbons (Fsp3) is 0.200. The van der Waals surface area contributed by atoms with Crippen molar-refractivity contribution in [2.45, 2.75) is 26.3 Å². The van der Waals surface area contributed by atoms with E-state index in [1.54, 1.807) is 66.7 Å². The second-order valence-electron chi connectivity index (χ2n) is 7.05. The maximum atomic E-state index is 12.8. The normalized spacial score (nSPS) is 11.1. The minimum absolute atomic E-state index is 0.104. The van der Waals surface area contributed by atoms with Crippen LogP contribution in [0.3, 0.4) is 0 Å². The molecular weight excluding hydrogens is 428 g/mol. The maximum absolute atomic E-state index is 12.8. The summed E-state index contributed by atoms with van der Waals surface area (Å²) in [6.07, 6.45) is 5.14. The van der Waals surface area contributed by atoms with E-state index in [1.165, 1.54) is 6.26 Å². The second kappa shape index (κ2) is 11.8. The van der Waals surface area contributed by atoms with Gasteiger partial charge in [-0.1, -0.05) is 37.1 Å². The molecule has 3 rings (SSSR count). The summed E-state index contributed by atoms with van der Waals surface area (Å²) < 4.78 is 10.9. The lowest BCUT2D eigenvalue weighted by molar-refractivity contribution is -0.118. The van der Waals surface area contributed by atoms with E-state index in [0.29, 0.717) is 28.7 Å². The zero-order chi connectivity index (χ0) is 22.8. The molecule has 2 N–H and O–H groups in total. The molecule has 7 heteroatoms. The highest BCUT2D eigenvalue weighted by molar-refractivity contribution is 6.30. The van der Waals surface area contributed by atoms with Gasteiger partial charge in [0.2, 0.25) is 0 Å². The SMILES string of the molecule is CCCCOc1ccc(C(=O)NC(=Cc2ccc(Cl)cc2)C(=O)NCc2ccco2)cc1. The van der Waals surface area contributed by atoms with Crippen molar-refractivity contribution in [3.63, 3.8) is 0 Å². The number of nitrogens with one attached hydrogen (secondary N) is 2. The molecule has 166 valence electrons. The number of benzene rings is 2. The van der Waals surface area contributed by atoms with E-state index in [2.05, 4.69) is 17.6 Å². The average molecular weight is 453 g/mol. The standard InChI is InChI=1S/C25H25ClN2O4/c1-2-3-14-31-21-12-8-19(9-13-21)24(29)28-23(16-18-6-10-20(26)11-7-18)25(30)27-17-22-5-4-15-32-22/h4-13,15-16H,2-3,14,17H2,1H3,(H,27,30)(H,28,29). The van der Waals surface area contributed by atoms with E-state index in [-0.39, 0.29) is 12.2 Å². The predicted molar refractivity (Wildman–Crippen MR) is 124 cm³/mol. The summed E-state index contributed by atoms with van der Waals surface area (Å²) in [7, 11) is 0. The average Bonchev–Trinajstić information content (AvgIpc) is 3.33. The smallest absolute Gasteiger partial charge is 0.268 e. The topological polar surface area (TPSA) is 80.6 Å². The Hall–Kier alpha value is -3.51. The molecule has 6 nitrogen and oxygen atoms in total. The molecule has 0 aliphatic heterocycles. The fourth-order valence-electron chi connectivity index (χ4n) is 2.79. The minimum Gasteiger partial charge on any atom is -0.494 e. The van der Waals surface area contributed by atoms with Gasteiger partial charge in [-0.15, -0.1) is 0 Å². The van der Waals surface area contributed by atoms with E-state index in [1.807, 2.05) is 0 Å². The van der Waals surface area contributed by atoms with Crippen molar-refractivity contribution < 1.29 is 18.7 Å². The van der Waals surface area contributed by atoms with Crippen LogP contribution in [0.5, 0.6) is 5.75 Å². The van der Waals surface area contributed by atoms with Crippen molar-refractivity contribution in [2.75, 3.05) is 6.61 Å². The zero-order valence-corrected chi connectivity index (χ0v) is 18.5. The highest BCUT2D eigenvalue weighted by atomic mass is 35.5. The summed E-state index contributed by atoms with van der Waals surface area (Å²) in [6.45, 7) is 2.92. The molecule has 0 saturated heterocycles. The number of furan rings is 1. The summed E-state index contributed by atoms with van der Waals surface area (Å²) in [5.74, 6) is 0.458. The molecule has 0 fully saturated rings. The molecule has 0 spiro atoms. The number of unbranched alkanes of at least 4 members (excludes halogenated alkanes) is 1. The number of amides is 2. The number of ether oxygens (including phenoxy) is 1. The minimum atomic E-state index is -0.441. The van der Waals surface area contributed by atoms with Gasteiger partial charge in [0, 0.05) is 10.6 Å².